The second-order valence-corrected chi connectivity index (χ2v) is 5.64. The Kier molecular flexibility index (Phi) is 3.69. The van der Waals surface area contributed by atoms with Crippen LogP contribution >= 0.6 is 0 Å². The smallest absolute Gasteiger partial charge is 0.267 e. The van der Waals surface area contributed by atoms with Crippen LogP contribution in [0.15, 0.2) is 0 Å². The molecule has 88 valence electrons. The van der Waals surface area contributed by atoms with Crippen molar-refractivity contribution in [2.45, 2.75) is 43.5 Å². The number of hydrogen-bond acceptors (Lipinski definition) is 4. The molecular formula is C8H16N2O4S. The maximum Gasteiger partial charge on any atom is 0.267 e. The van der Waals surface area contributed by atoms with E-state index in [4.69, 9.17) is 10.3 Å². The molecule has 1 aliphatic rings. The van der Waals surface area contributed by atoms with Crippen LogP contribution in [0, 0.1) is 0 Å². The highest BCUT2D eigenvalue weighted by atomic mass is 32.2. The molecule has 6 nitrogen and oxygen atoms in total. The van der Waals surface area contributed by atoms with Crippen LogP contribution in [0.5, 0.6) is 0 Å². The maximum atomic E-state index is 11.2. The maximum absolute atomic E-state index is 11.2. The van der Waals surface area contributed by atoms with Crippen molar-refractivity contribution in [3.05, 3.63) is 0 Å². The van der Waals surface area contributed by atoms with Crippen molar-refractivity contribution in [2.75, 3.05) is 0 Å². The summed E-state index contributed by atoms with van der Waals surface area (Å²) in [6.45, 7) is 1.56. The third-order valence-electron chi connectivity index (χ3n) is 2.57. The fourth-order valence-electron chi connectivity index (χ4n) is 1.67. The lowest BCUT2D eigenvalue weighted by atomic mass is 10.2. The third-order valence-corrected chi connectivity index (χ3v) is 3.84. The third kappa shape index (κ3) is 3.44. The van der Waals surface area contributed by atoms with E-state index in [0.717, 1.165) is 0 Å². The molecule has 0 bridgehead atoms. The van der Waals surface area contributed by atoms with Crippen molar-refractivity contribution in [3.8, 4) is 0 Å². The monoisotopic (exact) mass is 236 g/mol. The summed E-state index contributed by atoms with van der Waals surface area (Å²) >= 11 is 0. The van der Waals surface area contributed by atoms with Crippen molar-refractivity contribution >= 4 is 16.0 Å². The van der Waals surface area contributed by atoms with Gasteiger partial charge in [-0.1, -0.05) is 0 Å². The van der Waals surface area contributed by atoms with E-state index in [-0.39, 0.29) is 18.4 Å². The molecule has 0 aromatic heterocycles. The Labute approximate surface area is 89.0 Å². The number of amides is 1. The summed E-state index contributed by atoms with van der Waals surface area (Å²) in [5.74, 6) is -0.295. The van der Waals surface area contributed by atoms with Gasteiger partial charge in [-0.3, -0.25) is 9.35 Å². The zero-order chi connectivity index (χ0) is 11.6. The van der Waals surface area contributed by atoms with E-state index >= 15 is 0 Å². The molecule has 15 heavy (non-hydrogen) atoms. The minimum Gasteiger partial charge on any atom is -0.352 e. The second-order valence-electron chi connectivity index (χ2n) is 3.94. The summed E-state index contributed by atoms with van der Waals surface area (Å²) in [4.78, 5) is 11.2. The molecule has 0 aromatic rings. The fourth-order valence-corrected chi connectivity index (χ4v) is 2.58. The summed E-state index contributed by atoms with van der Waals surface area (Å²) < 4.78 is 30.4. The van der Waals surface area contributed by atoms with Crippen LogP contribution < -0.4 is 11.1 Å². The van der Waals surface area contributed by atoms with Crippen LogP contribution in [0.25, 0.3) is 0 Å². The molecule has 0 heterocycles. The minimum atomic E-state index is -3.97. The number of carbonyl (C=O) groups is 1. The van der Waals surface area contributed by atoms with Gasteiger partial charge in [0.05, 0.1) is 11.3 Å². The number of rotatable bonds is 3. The second kappa shape index (κ2) is 4.46. The highest BCUT2D eigenvalue weighted by Crippen LogP contribution is 2.24. The van der Waals surface area contributed by atoms with Crippen molar-refractivity contribution in [1.82, 2.24) is 5.32 Å². The first kappa shape index (κ1) is 12.4. The Hall–Kier alpha value is -0.660. The van der Waals surface area contributed by atoms with Gasteiger partial charge in [-0.15, -0.1) is 0 Å². The van der Waals surface area contributed by atoms with E-state index < -0.39 is 21.4 Å². The average molecular weight is 236 g/mol. The lowest BCUT2D eigenvalue weighted by Crippen LogP contribution is -2.43. The quantitative estimate of drug-likeness (QED) is 0.559. The fraction of sp³-hybridized carbons (Fsp3) is 0.875. The van der Waals surface area contributed by atoms with E-state index in [9.17, 15) is 13.2 Å². The molecule has 3 atom stereocenters. The topological polar surface area (TPSA) is 109 Å². The molecule has 0 saturated heterocycles. The van der Waals surface area contributed by atoms with E-state index in [1.807, 2.05) is 0 Å². The summed E-state index contributed by atoms with van der Waals surface area (Å²) in [6.07, 6.45) is 1.20. The van der Waals surface area contributed by atoms with Gasteiger partial charge in [-0.2, -0.15) is 8.42 Å². The van der Waals surface area contributed by atoms with Gasteiger partial charge in [0.1, 0.15) is 0 Å². The first-order valence-electron chi connectivity index (χ1n) is 4.83. The molecule has 1 saturated carbocycles. The highest BCUT2D eigenvalue weighted by Gasteiger charge is 2.33. The number of carbonyl (C=O) groups excluding carboxylic acids is 1. The first-order valence-corrected chi connectivity index (χ1v) is 6.33. The first-order chi connectivity index (χ1) is 6.80. The van der Waals surface area contributed by atoms with Gasteiger partial charge in [0.25, 0.3) is 10.1 Å². The summed E-state index contributed by atoms with van der Waals surface area (Å²) in [5, 5.41) is 1.89. The molecular weight excluding hydrogens is 220 g/mol. The molecule has 0 aromatic carbocycles. The van der Waals surface area contributed by atoms with Crippen molar-refractivity contribution in [3.63, 3.8) is 0 Å². The Morgan fingerprint density at radius 1 is 1.53 bits per heavy atom. The van der Waals surface area contributed by atoms with E-state index in [0.29, 0.717) is 12.8 Å². The van der Waals surface area contributed by atoms with Gasteiger partial charge >= 0.3 is 0 Å². The Morgan fingerprint density at radius 2 is 2.13 bits per heavy atom. The predicted molar refractivity (Wildman–Crippen MR) is 54.8 cm³/mol. The van der Waals surface area contributed by atoms with Gasteiger partial charge in [0, 0.05) is 6.04 Å². The van der Waals surface area contributed by atoms with Crippen LogP contribution in [0.3, 0.4) is 0 Å². The Bertz CT molecular complexity index is 339. The van der Waals surface area contributed by atoms with Crippen LogP contribution in [0.2, 0.25) is 0 Å². The molecule has 4 N–H and O–H groups in total. The molecule has 0 spiro atoms. The predicted octanol–water partition coefficient (Wildman–Crippen LogP) is -0.741. The van der Waals surface area contributed by atoms with Gasteiger partial charge in [-0.05, 0) is 26.2 Å². The van der Waals surface area contributed by atoms with Gasteiger partial charge in [0.2, 0.25) is 5.91 Å². The lowest BCUT2D eigenvalue weighted by molar-refractivity contribution is -0.122. The molecule has 1 rings (SSSR count). The average Bonchev–Trinajstić information content (AvgIpc) is 2.51. The lowest BCUT2D eigenvalue weighted by Gasteiger charge is -2.14. The summed E-state index contributed by atoms with van der Waals surface area (Å²) in [5.41, 5.74) is 5.35. The zero-order valence-corrected chi connectivity index (χ0v) is 9.33. The molecule has 0 radical (unpaired) electrons. The zero-order valence-electron chi connectivity index (χ0n) is 8.51. The van der Waals surface area contributed by atoms with Gasteiger partial charge in [0.15, 0.2) is 0 Å². The molecule has 1 aliphatic carbocycles. The number of hydrogen-bond donors (Lipinski definition) is 3. The SMILES string of the molecule is C[C@H](N)C(=O)NC1CCC(S(=O)(=O)O)C1. The van der Waals surface area contributed by atoms with Gasteiger partial charge in [-0.25, -0.2) is 0 Å². The Morgan fingerprint density at radius 3 is 2.53 bits per heavy atom. The minimum absolute atomic E-state index is 0.199. The van der Waals surface area contributed by atoms with Crippen LogP contribution in [0.1, 0.15) is 26.2 Å². The summed E-state index contributed by atoms with van der Waals surface area (Å²) in [6, 6.07) is -0.801. The molecule has 1 amide bonds. The molecule has 1 fully saturated rings. The molecule has 0 aliphatic heterocycles. The number of nitrogens with one attached hydrogen (secondary N) is 1. The van der Waals surface area contributed by atoms with Crippen LogP contribution in [0.4, 0.5) is 0 Å². The van der Waals surface area contributed by atoms with Crippen molar-refractivity contribution < 1.29 is 17.8 Å². The van der Waals surface area contributed by atoms with Crippen molar-refractivity contribution in [2.24, 2.45) is 5.73 Å². The Balaban J connectivity index is 2.48. The van der Waals surface area contributed by atoms with E-state index in [2.05, 4.69) is 5.32 Å². The molecule has 2 unspecified atom stereocenters. The van der Waals surface area contributed by atoms with Crippen LogP contribution in [-0.4, -0.2) is 36.2 Å². The number of nitrogens with two attached hydrogens (primary N) is 1. The normalized spacial score (nSPS) is 28.7. The summed E-state index contributed by atoms with van der Waals surface area (Å²) in [7, 11) is -3.97. The van der Waals surface area contributed by atoms with E-state index in [1.165, 1.54) is 0 Å². The molecule has 7 heteroatoms. The van der Waals surface area contributed by atoms with Gasteiger partial charge < -0.3 is 11.1 Å². The van der Waals surface area contributed by atoms with Crippen molar-refractivity contribution in [1.29, 1.82) is 0 Å². The van der Waals surface area contributed by atoms with Crippen LogP contribution in [-0.2, 0) is 14.9 Å². The highest BCUT2D eigenvalue weighted by molar-refractivity contribution is 7.86. The van der Waals surface area contributed by atoms with E-state index in [1.54, 1.807) is 6.92 Å². The standard InChI is InChI=1S/C8H16N2O4S/c1-5(9)8(11)10-6-2-3-7(4-6)15(12,13)14/h5-7H,2-4,9H2,1H3,(H,10,11)(H,12,13,14)/t5-,6?,7?/m0/s1. The largest absolute Gasteiger partial charge is 0.352 e.